The molecule has 1 fully saturated rings. The molecule has 0 unspecified atom stereocenters. The Hall–Kier alpha value is -2.66. The van der Waals surface area contributed by atoms with Gasteiger partial charge in [-0.05, 0) is 42.8 Å². The number of nitrogens with zero attached hydrogens (tertiary/aromatic N) is 3. The predicted molar refractivity (Wildman–Crippen MR) is 118 cm³/mol. The highest BCUT2D eigenvalue weighted by Crippen LogP contribution is 2.39. The summed E-state index contributed by atoms with van der Waals surface area (Å²) in [6.07, 6.45) is -1.55. The van der Waals surface area contributed by atoms with Crippen LogP contribution in [0.1, 0.15) is 52.3 Å². The van der Waals surface area contributed by atoms with Crippen LogP contribution in [0.25, 0.3) is 0 Å². The molecule has 2 heterocycles. The number of aromatic nitrogens is 2. The molecule has 1 amide bonds. The van der Waals surface area contributed by atoms with Gasteiger partial charge in [0.15, 0.2) is 0 Å². The van der Waals surface area contributed by atoms with Gasteiger partial charge in [-0.1, -0.05) is 24.3 Å². The Morgan fingerprint density at radius 1 is 1.24 bits per heavy atom. The van der Waals surface area contributed by atoms with E-state index in [-0.39, 0.29) is 29.2 Å². The van der Waals surface area contributed by atoms with Gasteiger partial charge in [0, 0.05) is 12.6 Å². The molecule has 1 aliphatic carbocycles. The second-order valence-corrected chi connectivity index (χ2v) is 10.7. The van der Waals surface area contributed by atoms with Crippen LogP contribution in [0.3, 0.4) is 0 Å². The summed E-state index contributed by atoms with van der Waals surface area (Å²) in [4.78, 5) is 19.1. The lowest BCUT2D eigenvalue weighted by Gasteiger charge is -2.21. The van der Waals surface area contributed by atoms with Crippen molar-refractivity contribution < 1.29 is 26.4 Å². The Morgan fingerprint density at radius 2 is 2.00 bits per heavy atom. The summed E-state index contributed by atoms with van der Waals surface area (Å²) in [5.41, 5.74) is -0.265. The number of thiophene rings is 1. The summed E-state index contributed by atoms with van der Waals surface area (Å²) >= 11 is 1.33. The monoisotopic (exact) mass is 497 g/mol. The largest absolute Gasteiger partial charge is 0.416 e. The number of benzene rings is 1. The molecule has 0 aliphatic heterocycles. The molecule has 0 radical (unpaired) electrons. The molecule has 11 heteroatoms. The zero-order valence-corrected chi connectivity index (χ0v) is 19.4. The number of rotatable bonds is 8. The topological polar surface area (TPSA) is 72.3 Å². The quantitative estimate of drug-likeness (QED) is 0.442. The molecule has 6 nitrogen and oxygen atoms in total. The number of hydrogen-bond acceptors (Lipinski definition) is 5. The van der Waals surface area contributed by atoms with E-state index in [0.717, 1.165) is 25.0 Å². The summed E-state index contributed by atoms with van der Waals surface area (Å²) in [7, 11) is -4.01. The van der Waals surface area contributed by atoms with Gasteiger partial charge in [-0.25, -0.2) is 13.4 Å². The Morgan fingerprint density at radius 3 is 2.61 bits per heavy atom. The summed E-state index contributed by atoms with van der Waals surface area (Å²) < 4.78 is 67.0. The van der Waals surface area contributed by atoms with Gasteiger partial charge in [0.2, 0.25) is 15.0 Å². The minimum atomic E-state index is -4.56. The third-order valence-electron chi connectivity index (χ3n) is 5.39. The number of sulfone groups is 1. The van der Waals surface area contributed by atoms with Crippen LogP contribution in [0, 0.1) is 0 Å². The van der Waals surface area contributed by atoms with Crippen molar-refractivity contribution in [1.82, 2.24) is 14.5 Å². The van der Waals surface area contributed by atoms with Crippen LogP contribution in [0.5, 0.6) is 0 Å². The number of alkyl halides is 3. The lowest BCUT2D eigenvalue weighted by Crippen LogP contribution is -2.30. The minimum absolute atomic E-state index is 0.0415. The van der Waals surface area contributed by atoms with Crippen molar-refractivity contribution in [2.45, 2.75) is 49.4 Å². The molecule has 1 aliphatic rings. The van der Waals surface area contributed by atoms with Crippen molar-refractivity contribution in [3.63, 3.8) is 0 Å². The van der Waals surface area contributed by atoms with Crippen molar-refractivity contribution in [3.05, 3.63) is 69.7 Å². The SMILES string of the molecule is CCN(Cc1cnc(S(=O)(=O)Cc2cccc(C(F)(F)F)c2)n1C1CC1)C(=O)c1cccs1. The van der Waals surface area contributed by atoms with Gasteiger partial charge in [-0.2, -0.15) is 13.2 Å². The molecule has 0 spiro atoms. The molecule has 3 aromatic rings. The summed E-state index contributed by atoms with van der Waals surface area (Å²) in [5, 5.41) is 1.64. The van der Waals surface area contributed by atoms with Gasteiger partial charge in [0.05, 0.1) is 34.6 Å². The van der Waals surface area contributed by atoms with E-state index in [1.54, 1.807) is 21.6 Å². The lowest BCUT2D eigenvalue weighted by atomic mass is 10.1. The molecule has 4 rings (SSSR count). The fourth-order valence-corrected chi connectivity index (χ4v) is 5.87. The molecule has 0 N–H and O–H groups in total. The standard InChI is InChI=1S/C22H22F3N3O3S2/c1-2-27(20(29)19-7-4-10-32-19)13-18-12-26-21(28(18)17-8-9-17)33(30,31)14-15-5-3-6-16(11-15)22(23,24)25/h3-7,10-12,17H,2,8-9,13-14H2,1H3. The lowest BCUT2D eigenvalue weighted by molar-refractivity contribution is -0.137. The summed E-state index contributed by atoms with van der Waals surface area (Å²) in [6, 6.07) is 7.78. The van der Waals surface area contributed by atoms with Crippen LogP contribution in [0.4, 0.5) is 13.2 Å². The van der Waals surface area contributed by atoms with Crippen LogP contribution in [-0.4, -0.2) is 35.3 Å². The molecule has 1 saturated carbocycles. The molecule has 176 valence electrons. The number of amides is 1. The molecule has 0 saturated heterocycles. The van der Waals surface area contributed by atoms with Gasteiger partial charge in [0.25, 0.3) is 5.91 Å². The van der Waals surface area contributed by atoms with E-state index in [1.165, 1.54) is 29.7 Å². The second kappa shape index (κ2) is 8.94. The maximum atomic E-state index is 13.2. The van der Waals surface area contributed by atoms with Gasteiger partial charge in [-0.15, -0.1) is 11.3 Å². The summed E-state index contributed by atoms with van der Waals surface area (Å²) in [5.74, 6) is -0.740. The Balaban J connectivity index is 1.62. The average molecular weight is 498 g/mol. The van der Waals surface area contributed by atoms with Crippen LogP contribution in [0.2, 0.25) is 0 Å². The minimum Gasteiger partial charge on any atom is -0.332 e. The molecular formula is C22H22F3N3O3S2. The average Bonchev–Trinajstić information content (AvgIpc) is 3.26. The van der Waals surface area contributed by atoms with E-state index < -0.39 is 27.3 Å². The third kappa shape index (κ3) is 5.14. The van der Waals surface area contributed by atoms with Crippen molar-refractivity contribution in [3.8, 4) is 0 Å². The number of halogens is 3. The molecule has 0 atom stereocenters. The van der Waals surface area contributed by atoms with E-state index in [2.05, 4.69) is 4.98 Å². The maximum Gasteiger partial charge on any atom is 0.416 e. The third-order valence-corrected chi connectivity index (χ3v) is 7.82. The van der Waals surface area contributed by atoms with E-state index >= 15 is 0 Å². The smallest absolute Gasteiger partial charge is 0.332 e. The first-order chi connectivity index (χ1) is 15.6. The number of carbonyl (C=O) groups excluding carboxylic acids is 1. The molecular weight excluding hydrogens is 475 g/mol. The highest BCUT2D eigenvalue weighted by Gasteiger charge is 2.35. The summed E-state index contributed by atoms with van der Waals surface area (Å²) in [6.45, 7) is 2.46. The number of imidazole rings is 1. The van der Waals surface area contributed by atoms with Crippen LogP contribution in [-0.2, 0) is 28.3 Å². The van der Waals surface area contributed by atoms with E-state index in [9.17, 15) is 26.4 Å². The first kappa shape index (κ1) is 23.5. The fourth-order valence-electron chi connectivity index (χ4n) is 3.65. The van der Waals surface area contributed by atoms with Crippen LogP contribution in [0.15, 0.2) is 53.1 Å². The number of hydrogen-bond donors (Lipinski definition) is 0. The van der Waals surface area contributed by atoms with Gasteiger partial charge in [-0.3, -0.25) is 4.79 Å². The Kier molecular flexibility index (Phi) is 6.37. The first-order valence-corrected chi connectivity index (χ1v) is 12.9. The molecule has 33 heavy (non-hydrogen) atoms. The number of carbonyl (C=O) groups is 1. The molecule has 2 aromatic heterocycles. The zero-order valence-electron chi connectivity index (χ0n) is 17.7. The van der Waals surface area contributed by atoms with E-state index in [0.29, 0.717) is 17.1 Å². The van der Waals surface area contributed by atoms with Crippen LogP contribution >= 0.6 is 11.3 Å². The van der Waals surface area contributed by atoms with Crippen molar-refractivity contribution in [1.29, 1.82) is 0 Å². The van der Waals surface area contributed by atoms with Crippen molar-refractivity contribution in [2.24, 2.45) is 0 Å². The van der Waals surface area contributed by atoms with E-state index in [4.69, 9.17) is 0 Å². The normalized spacial score (nSPS) is 14.4. The predicted octanol–water partition coefficient (Wildman–Crippen LogP) is 4.93. The van der Waals surface area contributed by atoms with Crippen molar-refractivity contribution in [2.75, 3.05) is 6.54 Å². The van der Waals surface area contributed by atoms with Crippen LogP contribution < -0.4 is 0 Å². The van der Waals surface area contributed by atoms with Crippen molar-refractivity contribution >= 4 is 27.1 Å². The first-order valence-electron chi connectivity index (χ1n) is 10.4. The Bertz CT molecular complexity index is 1250. The maximum absolute atomic E-state index is 13.2. The van der Waals surface area contributed by atoms with Gasteiger partial charge >= 0.3 is 6.18 Å². The Labute approximate surface area is 193 Å². The van der Waals surface area contributed by atoms with Gasteiger partial charge in [0.1, 0.15) is 0 Å². The molecule has 0 bridgehead atoms. The highest BCUT2D eigenvalue weighted by atomic mass is 32.2. The fraction of sp³-hybridized carbons (Fsp3) is 0.364. The second-order valence-electron chi connectivity index (χ2n) is 7.89. The molecule has 1 aromatic carbocycles. The van der Waals surface area contributed by atoms with Gasteiger partial charge < -0.3 is 9.47 Å². The highest BCUT2D eigenvalue weighted by molar-refractivity contribution is 7.90. The zero-order chi connectivity index (χ0) is 23.8. The van der Waals surface area contributed by atoms with E-state index in [1.807, 2.05) is 12.3 Å².